The highest BCUT2D eigenvalue weighted by Crippen LogP contribution is 2.31. The van der Waals surface area contributed by atoms with Crippen LogP contribution in [-0.4, -0.2) is 60.6 Å². The van der Waals surface area contributed by atoms with E-state index in [1.165, 1.54) is 6.42 Å². The molecule has 2 aliphatic heterocycles. The maximum absolute atomic E-state index is 12.7. The molecule has 6 nitrogen and oxygen atoms in total. The van der Waals surface area contributed by atoms with E-state index in [1.54, 1.807) is 7.11 Å². The highest BCUT2D eigenvalue weighted by atomic mass is 16.5. The van der Waals surface area contributed by atoms with E-state index >= 15 is 0 Å². The number of nitrogens with one attached hydrogen (secondary N) is 1. The van der Waals surface area contributed by atoms with Crippen LogP contribution in [0, 0.1) is 19.8 Å². The number of aryl methyl sites for hydroxylation is 2. The van der Waals surface area contributed by atoms with Gasteiger partial charge in [-0.1, -0.05) is 0 Å². The Balaban J connectivity index is 1.66. The molecular weight excluding hydrogens is 304 g/mol. The highest BCUT2D eigenvalue weighted by molar-refractivity contribution is 5.75. The zero-order chi connectivity index (χ0) is 17.3. The second kappa shape index (κ2) is 6.97. The Morgan fingerprint density at radius 2 is 2.12 bits per heavy atom. The zero-order valence-corrected chi connectivity index (χ0v) is 15.1. The standard InChI is InChI=1S/C18H28N4O2/c1-12-9-13(2)20-17(24-4)15(12)10-19-18(23)22-8-6-14-5-7-21(3)11-16(14)22/h9,14,16H,5-8,10-11H2,1-4H3,(H,19,23)/t14-,16-/m0/s1. The number of likely N-dealkylation sites (tertiary alicyclic amines) is 2. The van der Waals surface area contributed by atoms with Gasteiger partial charge in [-0.2, -0.15) is 0 Å². The number of hydrogen-bond acceptors (Lipinski definition) is 4. The molecule has 0 aliphatic carbocycles. The number of methoxy groups -OCH3 is 1. The third kappa shape index (κ3) is 3.34. The van der Waals surface area contributed by atoms with Gasteiger partial charge < -0.3 is 19.9 Å². The molecule has 2 amide bonds. The molecular formula is C18H28N4O2. The predicted molar refractivity (Wildman–Crippen MR) is 93.2 cm³/mol. The van der Waals surface area contributed by atoms with Crippen molar-refractivity contribution in [2.45, 2.75) is 39.3 Å². The van der Waals surface area contributed by atoms with Crippen molar-refractivity contribution >= 4 is 6.03 Å². The first-order valence-electron chi connectivity index (χ1n) is 8.73. The van der Waals surface area contributed by atoms with Crippen molar-refractivity contribution in [1.82, 2.24) is 20.1 Å². The van der Waals surface area contributed by atoms with Crippen LogP contribution in [0.5, 0.6) is 5.88 Å². The fraction of sp³-hybridized carbons (Fsp3) is 0.667. The number of carbonyl (C=O) groups excluding carboxylic acids is 1. The van der Waals surface area contributed by atoms with Crippen LogP contribution in [-0.2, 0) is 6.54 Å². The van der Waals surface area contributed by atoms with Gasteiger partial charge in [0.25, 0.3) is 0 Å². The quantitative estimate of drug-likeness (QED) is 0.919. The van der Waals surface area contributed by atoms with Crippen molar-refractivity contribution in [3.05, 3.63) is 22.9 Å². The molecule has 0 aromatic carbocycles. The minimum absolute atomic E-state index is 0.0276. The molecule has 3 heterocycles. The topological polar surface area (TPSA) is 57.7 Å². The first-order valence-corrected chi connectivity index (χ1v) is 8.73. The van der Waals surface area contributed by atoms with Crippen molar-refractivity contribution in [1.29, 1.82) is 0 Å². The molecule has 3 rings (SSSR count). The summed E-state index contributed by atoms with van der Waals surface area (Å²) in [6, 6.07) is 2.40. The van der Waals surface area contributed by atoms with Crippen LogP contribution in [0.25, 0.3) is 0 Å². The SMILES string of the molecule is COc1nc(C)cc(C)c1CNC(=O)N1CC[C@@H]2CCN(C)C[C@@H]21. The van der Waals surface area contributed by atoms with Crippen LogP contribution >= 0.6 is 0 Å². The van der Waals surface area contributed by atoms with Crippen LogP contribution in [0.4, 0.5) is 4.79 Å². The summed E-state index contributed by atoms with van der Waals surface area (Å²) in [6.07, 6.45) is 2.32. The lowest BCUT2D eigenvalue weighted by molar-refractivity contribution is 0.131. The van der Waals surface area contributed by atoms with Gasteiger partial charge >= 0.3 is 6.03 Å². The maximum Gasteiger partial charge on any atom is 0.317 e. The molecule has 132 valence electrons. The monoisotopic (exact) mass is 332 g/mol. The number of rotatable bonds is 3. The van der Waals surface area contributed by atoms with Gasteiger partial charge in [-0.3, -0.25) is 0 Å². The highest BCUT2D eigenvalue weighted by Gasteiger charge is 2.39. The molecule has 2 atom stereocenters. The van der Waals surface area contributed by atoms with Gasteiger partial charge in [-0.25, -0.2) is 9.78 Å². The van der Waals surface area contributed by atoms with Crippen LogP contribution in [0.2, 0.25) is 0 Å². The molecule has 1 aromatic heterocycles. The van der Waals surface area contributed by atoms with Crippen LogP contribution in [0.3, 0.4) is 0 Å². The molecule has 0 unspecified atom stereocenters. The van der Waals surface area contributed by atoms with Crippen molar-refractivity contribution in [3.8, 4) is 5.88 Å². The molecule has 6 heteroatoms. The van der Waals surface area contributed by atoms with E-state index in [0.29, 0.717) is 24.4 Å². The molecule has 1 N–H and O–H groups in total. The summed E-state index contributed by atoms with van der Waals surface area (Å²) in [7, 11) is 3.76. The van der Waals surface area contributed by atoms with Gasteiger partial charge in [-0.05, 0) is 57.8 Å². The van der Waals surface area contributed by atoms with Gasteiger partial charge in [0.2, 0.25) is 5.88 Å². The van der Waals surface area contributed by atoms with Crippen molar-refractivity contribution in [2.24, 2.45) is 5.92 Å². The molecule has 2 aliphatic rings. The number of aromatic nitrogens is 1. The van der Waals surface area contributed by atoms with Gasteiger partial charge in [0, 0.05) is 30.4 Å². The Labute approximate surface area is 144 Å². The summed E-state index contributed by atoms with van der Waals surface area (Å²) in [6.45, 7) is 7.40. The Morgan fingerprint density at radius 3 is 2.88 bits per heavy atom. The minimum Gasteiger partial charge on any atom is -0.481 e. The zero-order valence-electron chi connectivity index (χ0n) is 15.1. The number of likely N-dealkylation sites (N-methyl/N-ethyl adjacent to an activating group) is 1. The average molecular weight is 332 g/mol. The Bertz CT molecular complexity index is 619. The number of pyridine rings is 1. The van der Waals surface area contributed by atoms with Crippen LogP contribution in [0.1, 0.15) is 29.7 Å². The summed E-state index contributed by atoms with van der Waals surface area (Å²) in [5.74, 6) is 1.26. The number of amides is 2. The number of hydrogen-bond donors (Lipinski definition) is 1. The largest absolute Gasteiger partial charge is 0.481 e. The summed E-state index contributed by atoms with van der Waals surface area (Å²) in [5, 5.41) is 3.07. The lowest BCUT2D eigenvalue weighted by Crippen LogP contribution is -2.51. The fourth-order valence-corrected chi connectivity index (χ4v) is 4.03. The number of carbonyl (C=O) groups is 1. The fourth-order valence-electron chi connectivity index (χ4n) is 4.03. The van der Waals surface area contributed by atoms with E-state index in [0.717, 1.165) is 42.9 Å². The van der Waals surface area contributed by atoms with E-state index < -0.39 is 0 Å². The molecule has 0 saturated carbocycles. The Kier molecular flexibility index (Phi) is 4.94. The lowest BCUT2D eigenvalue weighted by atomic mass is 9.92. The van der Waals surface area contributed by atoms with Crippen molar-refractivity contribution in [3.63, 3.8) is 0 Å². The van der Waals surface area contributed by atoms with Crippen LogP contribution in [0.15, 0.2) is 6.07 Å². The van der Waals surface area contributed by atoms with E-state index in [4.69, 9.17) is 4.74 Å². The molecule has 24 heavy (non-hydrogen) atoms. The van der Waals surface area contributed by atoms with Gasteiger partial charge in [0.15, 0.2) is 0 Å². The van der Waals surface area contributed by atoms with E-state index in [1.807, 2.05) is 24.8 Å². The summed E-state index contributed by atoms with van der Waals surface area (Å²) in [5.41, 5.74) is 2.97. The smallest absolute Gasteiger partial charge is 0.317 e. The van der Waals surface area contributed by atoms with E-state index in [2.05, 4.69) is 22.2 Å². The predicted octanol–water partition coefficient (Wildman–Crippen LogP) is 1.94. The minimum atomic E-state index is 0.0276. The van der Waals surface area contributed by atoms with E-state index in [9.17, 15) is 4.79 Å². The summed E-state index contributed by atoms with van der Waals surface area (Å²) in [4.78, 5) is 21.4. The molecule has 2 fully saturated rings. The number of piperidine rings is 1. The number of fused-ring (bicyclic) bond motifs is 1. The van der Waals surface area contributed by atoms with Crippen molar-refractivity contribution < 1.29 is 9.53 Å². The summed E-state index contributed by atoms with van der Waals surface area (Å²) < 4.78 is 5.38. The summed E-state index contributed by atoms with van der Waals surface area (Å²) >= 11 is 0. The number of nitrogens with zero attached hydrogens (tertiary/aromatic N) is 3. The number of ether oxygens (including phenoxy) is 1. The molecule has 1 aromatic rings. The molecule has 0 spiro atoms. The first kappa shape index (κ1) is 17.0. The molecule has 0 bridgehead atoms. The molecule has 0 radical (unpaired) electrons. The Hall–Kier alpha value is -1.82. The Morgan fingerprint density at radius 1 is 1.38 bits per heavy atom. The van der Waals surface area contributed by atoms with E-state index in [-0.39, 0.29) is 6.03 Å². The van der Waals surface area contributed by atoms with Crippen LogP contribution < -0.4 is 10.1 Å². The maximum atomic E-state index is 12.7. The van der Waals surface area contributed by atoms with Gasteiger partial charge in [0.05, 0.1) is 13.7 Å². The number of urea groups is 1. The normalized spacial score (nSPS) is 23.9. The van der Waals surface area contributed by atoms with Gasteiger partial charge in [-0.15, -0.1) is 0 Å². The lowest BCUT2D eigenvalue weighted by Gasteiger charge is -2.36. The average Bonchev–Trinajstić information content (AvgIpc) is 2.96. The van der Waals surface area contributed by atoms with Crippen molar-refractivity contribution in [2.75, 3.05) is 33.8 Å². The molecule has 2 saturated heterocycles. The first-order chi connectivity index (χ1) is 11.5. The van der Waals surface area contributed by atoms with Gasteiger partial charge in [0.1, 0.15) is 0 Å². The third-order valence-corrected chi connectivity index (χ3v) is 5.37. The second-order valence-corrected chi connectivity index (χ2v) is 7.09. The third-order valence-electron chi connectivity index (χ3n) is 5.37. The second-order valence-electron chi connectivity index (χ2n) is 7.09.